The van der Waals surface area contributed by atoms with Gasteiger partial charge in [0.25, 0.3) is 0 Å². The molecule has 0 amide bonds. The van der Waals surface area contributed by atoms with Crippen molar-refractivity contribution in [2.45, 2.75) is 58.9 Å². The quantitative estimate of drug-likeness (QED) is 0.0322. The molecular weight excluding hydrogens is 1110 g/mol. The molecule has 0 aliphatic carbocycles. The second-order valence-electron chi connectivity index (χ2n) is 15.8. The minimum atomic E-state index is -0.417. The summed E-state index contributed by atoms with van der Waals surface area (Å²) in [7, 11) is 0. The monoisotopic (exact) mass is 1200 g/mol. The Kier molecular flexibility index (Phi) is 65.1. The van der Waals surface area contributed by atoms with Crippen molar-refractivity contribution in [1.29, 1.82) is 0 Å². The maximum atomic E-state index is 9.44. The van der Waals surface area contributed by atoms with Gasteiger partial charge in [0.1, 0.15) is 19.0 Å². The van der Waals surface area contributed by atoms with Crippen molar-refractivity contribution in [2.75, 3.05) is 234 Å². The Bertz CT molecular complexity index is 1060. The van der Waals surface area contributed by atoms with Crippen LogP contribution in [0.2, 0.25) is 0 Å². The zero-order chi connectivity index (χ0) is 53.2. The Morgan fingerprint density at radius 2 is 0.562 bits per heavy atom. The molecular formula is C47H96O18S8. The standard InChI is InChI=1S/C47H96O18S8/c48-5-1-21-66-37-44(70-23-3-7-50)33-60-29-42(64-35-46(71-24-4-8-51)39-67-22-2-6-49)31-62-41-63-32-43(65-36-47(73-28-20-59-16-12-55)40-69-26-18-57-14-10-53)30-61-34-45(72-27-19-58-15-11-54)38-68-25-17-56-13-9-52/h42-55H,1-41H2. The lowest BCUT2D eigenvalue weighted by atomic mass is 10.4. The third kappa shape index (κ3) is 54.4. The van der Waals surface area contributed by atoms with Gasteiger partial charge in [-0.15, -0.1) is 0 Å². The van der Waals surface area contributed by atoms with E-state index in [9.17, 15) is 25.5 Å². The first-order chi connectivity index (χ1) is 36.0. The van der Waals surface area contributed by atoms with Crippen LogP contribution in [0.4, 0.5) is 0 Å². The van der Waals surface area contributed by atoms with Crippen LogP contribution in [-0.4, -0.2) is 308 Å². The molecule has 0 fully saturated rings. The molecule has 0 heterocycles. The summed E-state index contributed by atoms with van der Waals surface area (Å²) in [5.74, 6) is 9.73. The van der Waals surface area contributed by atoms with Crippen LogP contribution in [0.15, 0.2) is 0 Å². The molecule has 440 valence electrons. The summed E-state index contributed by atoms with van der Waals surface area (Å²) < 4.78 is 60.0. The van der Waals surface area contributed by atoms with E-state index in [0.29, 0.717) is 92.1 Å². The van der Waals surface area contributed by atoms with Crippen molar-refractivity contribution in [3.8, 4) is 0 Å². The Hall–Kier alpha value is 2.08. The summed E-state index contributed by atoms with van der Waals surface area (Å²) in [4.78, 5) is 0. The molecule has 0 saturated heterocycles. The smallest absolute Gasteiger partial charge is 0.146 e. The van der Waals surface area contributed by atoms with E-state index >= 15 is 0 Å². The molecule has 6 atom stereocenters. The molecule has 0 aliphatic rings. The van der Waals surface area contributed by atoms with Gasteiger partial charge in [-0.2, -0.15) is 94.1 Å². The van der Waals surface area contributed by atoms with E-state index in [1.54, 1.807) is 94.1 Å². The summed E-state index contributed by atoms with van der Waals surface area (Å²) in [6, 6.07) is 0. The number of aliphatic hydroxyl groups is 8. The lowest BCUT2D eigenvalue weighted by Gasteiger charge is -2.25. The summed E-state index contributed by atoms with van der Waals surface area (Å²) in [6.07, 6.45) is 2.06. The average Bonchev–Trinajstić information content (AvgIpc) is 3.39. The van der Waals surface area contributed by atoms with Gasteiger partial charge in [0.15, 0.2) is 0 Å². The van der Waals surface area contributed by atoms with Gasteiger partial charge in [-0.3, -0.25) is 0 Å². The minimum absolute atomic E-state index is 0.00721. The van der Waals surface area contributed by atoms with Gasteiger partial charge in [-0.25, -0.2) is 0 Å². The van der Waals surface area contributed by atoms with Crippen molar-refractivity contribution in [3.05, 3.63) is 0 Å². The average molecular weight is 1210 g/mol. The molecule has 0 aromatic carbocycles. The molecule has 0 spiro atoms. The van der Waals surface area contributed by atoms with E-state index < -0.39 is 6.10 Å². The number of thioether (sulfide) groups is 8. The summed E-state index contributed by atoms with van der Waals surface area (Å²) in [5.41, 5.74) is 0. The SMILES string of the molecule is OCCCSCC(COCC(COCOCC(COCC(CSCCOCCO)SCCOCCO)OCC(CSCCOCCO)SCCOCCO)OCC(CSCCCO)SCCCO)SCCCO. The van der Waals surface area contributed by atoms with E-state index in [0.717, 1.165) is 81.9 Å². The molecule has 0 aromatic heterocycles. The molecule has 0 radical (unpaired) electrons. The van der Waals surface area contributed by atoms with Crippen LogP contribution in [0.25, 0.3) is 0 Å². The van der Waals surface area contributed by atoms with Gasteiger partial charge in [-0.1, -0.05) is 0 Å². The van der Waals surface area contributed by atoms with Crippen LogP contribution in [0, 0.1) is 0 Å². The topological polar surface area (TPSA) is 254 Å². The first-order valence-corrected chi connectivity index (χ1v) is 34.3. The van der Waals surface area contributed by atoms with Crippen molar-refractivity contribution in [2.24, 2.45) is 0 Å². The summed E-state index contributed by atoms with van der Waals surface area (Å²) in [6.45, 7) is 6.70. The highest BCUT2D eigenvalue weighted by Gasteiger charge is 2.21. The first kappa shape index (κ1) is 75.1. The van der Waals surface area contributed by atoms with E-state index in [4.69, 9.17) is 62.7 Å². The van der Waals surface area contributed by atoms with Crippen molar-refractivity contribution < 1.29 is 88.2 Å². The maximum Gasteiger partial charge on any atom is 0.146 e. The molecule has 0 aromatic rings. The molecule has 0 bridgehead atoms. The number of ether oxygens (including phenoxy) is 10. The molecule has 8 N–H and O–H groups in total. The Labute approximate surface area is 472 Å². The number of hydrogen-bond acceptors (Lipinski definition) is 26. The van der Waals surface area contributed by atoms with Crippen LogP contribution < -0.4 is 0 Å². The van der Waals surface area contributed by atoms with Crippen LogP contribution >= 0.6 is 94.1 Å². The molecule has 0 rings (SSSR count). The van der Waals surface area contributed by atoms with Gasteiger partial charge in [0.2, 0.25) is 0 Å². The molecule has 73 heavy (non-hydrogen) atoms. The zero-order valence-corrected chi connectivity index (χ0v) is 49.9. The van der Waals surface area contributed by atoms with E-state index in [1.807, 2.05) is 0 Å². The second kappa shape index (κ2) is 63.3. The third-order valence-electron chi connectivity index (χ3n) is 9.29. The maximum absolute atomic E-state index is 9.44. The van der Waals surface area contributed by atoms with Crippen LogP contribution in [-0.2, 0) is 47.4 Å². The fourth-order valence-corrected chi connectivity index (χ4v) is 14.7. The fraction of sp³-hybridized carbons (Fsp3) is 1.00. The molecule has 6 unspecified atom stereocenters. The number of rotatable bonds is 64. The van der Waals surface area contributed by atoms with Gasteiger partial charge in [0.05, 0.1) is 132 Å². The highest BCUT2D eigenvalue weighted by atomic mass is 32.2. The highest BCUT2D eigenvalue weighted by Crippen LogP contribution is 2.23. The molecule has 0 aliphatic heterocycles. The zero-order valence-electron chi connectivity index (χ0n) is 43.4. The summed E-state index contributed by atoms with van der Waals surface area (Å²) in [5, 5.41) is 74.5. The largest absolute Gasteiger partial charge is 0.396 e. The van der Waals surface area contributed by atoms with Gasteiger partial charge in [0, 0.05) is 93.5 Å². The van der Waals surface area contributed by atoms with Crippen molar-refractivity contribution >= 4 is 94.1 Å². The Morgan fingerprint density at radius 3 is 0.918 bits per heavy atom. The number of hydrogen-bond donors (Lipinski definition) is 8. The van der Waals surface area contributed by atoms with E-state index in [2.05, 4.69) is 0 Å². The van der Waals surface area contributed by atoms with Crippen molar-refractivity contribution in [3.63, 3.8) is 0 Å². The van der Waals surface area contributed by atoms with Crippen molar-refractivity contribution in [1.82, 2.24) is 0 Å². The van der Waals surface area contributed by atoms with E-state index in [-0.39, 0.29) is 113 Å². The molecule has 26 heteroatoms. The third-order valence-corrected chi connectivity index (χ3v) is 19.7. The summed E-state index contributed by atoms with van der Waals surface area (Å²) >= 11 is 14.1. The second-order valence-corrected chi connectivity index (χ2v) is 26.0. The minimum Gasteiger partial charge on any atom is -0.396 e. The van der Waals surface area contributed by atoms with Gasteiger partial charge < -0.3 is 88.2 Å². The number of aliphatic hydroxyl groups excluding tert-OH is 8. The van der Waals surface area contributed by atoms with Crippen LogP contribution in [0.5, 0.6) is 0 Å². The predicted molar refractivity (Wildman–Crippen MR) is 311 cm³/mol. The predicted octanol–water partition coefficient (Wildman–Crippen LogP) is 2.69. The van der Waals surface area contributed by atoms with Crippen LogP contribution in [0.1, 0.15) is 25.7 Å². The normalized spacial score (nSPS) is 14.5. The molecule has 18 nitrogen and oxygen atoms in total. The fourth-order valence-electron chi connectivity index (χ4n) is 5.70. The van der Waals surface area contributed by atoms with Crippen LogP contribution in [0.3, 0.4) is 0 Å². The lowest BCUT2D eigenvalue weighted by molar-refractivity contribution is -0.131. The van der Waals surface area contributed by atoms with Gasteiger partial charge in [-0.05, 0) is 48.7 Å². The van der Waals surface area contributed by atoms with E-state index in [1.165, 1.54) is 0 Å². The van der Waals surface area contributed by atoms with Gasteiger partial charge >= 0.3 is 0 Å². The Morgan fingerprint density at radius 1 is 0.260 bits per heavy atom. The highest BCUT2D eigenvalue weighted by molar-refractivity contribution is 8.04. The first-order valence-electron chi connectivity index (χ1n) is 25.5. The Balaban J connectivity index is 5.99. The molecule has 0 saturated carbocycles. The lowest BCUT2D eigenvalue weighted by Crippen LogP contribution is -2.33.